The standard InChI is InChI=1S/C15H19N3O4S/c1-4-18(5-2)23(20,21)14-8-6-13(7-9-14)17-11-12(10-16)15(19)22-3/h6-9,11,17H,4-5H2,1-3H3/b12-11+. The van der Waals surface area contributed by atoms with Crippen LogP contribution in [0.1, 0.15) is 13.8 Å². The summed E-state index contributed by atoms with van der Waals surface area (Å²) in [4.78, 5) is 11.4. The molecule has 124 valence electrons. The van der Waals surface area contributed by atoms with E-state index in [0.717, 1.165) is 0 Å². The number of carbonyl (C=O) groups is 1. The van der Waals surface area contributed by atoms with Crippen molar-refractivity contribution in [3.63, 3.8) is 0 Å². The highest BCUT2D eigenvalue weighted by Crippen LogP contribution is 2.18. The van der Waals surface area contributed by atoms with Gasteiger partial charge in [-0.1, -0.05) is 13.8 Å². The second kappa shape index (κ2) is 8.31. The number of rotatable bonds is 7. The van der Waals surface area contributed by atoms with Crippen LogP contribution in [0.15, 0.2) is 40.9 Å². The van der Waals surface area contributed by atoms with Gasteiger partial charge in [-0.25, -0.2) is 13.2 Å². The Bertz CT molecular complexity index is 714. The Morgan fingerprint density at radius 3 is 2.30 bits per heavy atom. The fourth-order valence-electron chi connectivity index (χ4n) is 1.84. The first-order chi connectivity index (χ1) is 10.9. The number of nitrogens with zero attached hydrogens (tertiary/aromatic N) is 2. The first-order valence-corrected chi connectivity index (χ1v) is 8.40. The van der Waals surface area contributed by atoms with Gasteiger partial charge in [-0.15, -0.1) is 0 Å². The number of nitriles is 1. The molecule has 0 spiro atoms. The number of anilines is 1. The molecular weight excluding hydrogens is 318 g/mol. The molecule has 1 aromatic carbocycles. The van der Waals surface area contributed by atoms with Gasteiger partial charge in [0, 0.05) is 25.0 Å². The molecule has 0 radical (unpaired) electrons. The van der Waals surface area contributed by atoms with E-state index in [4.69, 9.17) is 5.26 Å². The minimum atomic E-state index is -3.51. The van der Waals surface area contributed by atoms with Gasteiger partial charge in [0.2, 0.25) is 10.0 Å². The van der Waals surface area contributed by atoms with Crippen LogP contribution in [-0.4, -0.2) is 38.9 Å². The maximum absolute atomic E-state index is 12.3. The van der Waals surface area contributed by atoms with Crippen molar-refractivity contribution in [3.8, 4) is 6.07 Å². The van der Waals surface area contributed by atoms with Crippen LogP contribution in [0.2, 0.25) is 0 Å². The number of carbonyl (C=O) groups excluding carboxylic acids is 1. The van der Waals surface area contributed by atoms with Crippen molar-refractivity contribution < 1.29 is 17.9 Å². The average Bonchev–Trinajstić information content (AvgIpc) is 2.56. The Kier molecular flexibility index (Phi) is 6.75. The highest BCUT2D eigenvalue weighted by atomic mass is 32.2. The van der Waals surface area contributed by atoms with E-state index in [1.807, 2.05) is 0 Å². The topological polar surface area (TPSA) is 99.5 Å². The van der Waals surface area contributed by atoms with E-state index < -0.39 is 16.0 Å². The molecule has 8 heteroatoms. The van der Waals surface area contributed by atoms with Crippen molar-refractivity contribution in [1.29, 1.82) is 5.26 Å². The van der Waals surface area contributed by atoms with Gasteiger partial charge in [0.1, 0.15) is 6.07 Å². The second-order valence-electron chi connectivity index (χ2n) is 4.42. The lowest BCUT2D eigenvalue weighted by Gasteiger charge is -2.18. The van der Waals surface area contributed by atoms with Crippen LogP contribution in [0.3, 0.4) is 0 Å². The van der Waals surface area contributed by atoms with Gasteiger partial charge in [-0.3, -0.25) is 0 Å². The zero-order valence-corrected chi connectivity index (χ0v) is 14.1. The molecule has 0 aromatic heterocycles. The molecule has 0 unspecified atom stereocenters. The lowest BCUT2D eigenvalue weighted by atomic mass is 10.3. The fourth-order valence-corrected chi connectivity index (χ4v) is 3.30. The molecule has 0 bridgehead atoms. The zero-order chi connectivity index (χ0) is 17.5. The first-order valence-electron chi connectivity index (χ1n) is 6.96. The molecule has 7 nitrogen and oxygen atoms in total. The second-order valence-corrected chi connectivity index (χ2v) is 6.36. The van der Waals surface area contributed by atoms with Gasteiger partial charge < -0.3 is 10.1 Å². The Labute approximate surface area is 136 Å². The van der Waals surface area contributed by atoms with E-state index >= 15 is 0 Å². The van der Waals surface area contributed by atoms with Crippen LogP contribution >= 0.6 is 0 Å². The summed E-state index contributed by atoms with van der Waals surface area (Å²) in [5.41, 5.74) is 0.354. The molecule has 1 N–H and O–H groups in total. The Morgan fingerprint density at radius 2 is 1.87 bits per heavy atom. The third-order valence-corrected chi connectivity index (χ3v) is 5.17. The highest BCUT2D eigenvalue weighted by molar-refractivity contribution is 7.89. The van der Waals surface area contributed by atoms with Crippen molar-refractivity contribution in [2.75, 3.05) is 25.5 Å². The SMILES string of the molecule is CCN(CC)S(=O)(=O)c1ccc(N/C=C(\C#N)C(=O)OC)cc1. The lowest BCUT2D eigenvalue weighted by molar-refractivity contribution is -0.135. The van der Waals surface area contributed by atoms with Gasteiger partial charge in [-0.2, -0.15) is 9.57 Å². The summed E-state index contributed by atoms with van der Waals surface area (Å²) in [5.74, 6) is -0.749. The Morgan fingerprint density at radius 1 is 1.30 bits per heavy atom. The number of sulfonamides is 1. The normalized spacial score (nSPS) is 11.9. The van der Waals surface area contributed by atoms with Crippen molar-refractivity contribution in [2.24, 2.45) is 0 Å². The summed E-state index contributed by atoms with van der Waals surface area (Å²) in [6.45, 7) is 4.34. The van der Waals surface area contributed by atoms with Crippen LogP contribution in [-0.2, 0) is 19.6 Å². The zero-order valence-electron chi connectivity index (χ0n) is 13.2. The molecule has 0 aliphatic carbocycles. The highest BCUT2D eigenvalue weighted by Gasteiger charge is 2.21. The van der Waals surface area contributed by atoms with Crippen LogP contribution in [0, 0.1) is 11.3 Å². The van der Waals surface area contributed by atoms with E-state index in [1.165, 1.54) is 29.7 Å². The molecule has 0 amide bonds. The van der Waals surface area contributed by atoms with E-state index in [9.17, 15) is 13.2 Å². The minimum Gasteiger partial charge on any atom is -0.465 e. The van der Waals surface area contributed by atoms with Crippen LogP contribution in [0.25, 0.3) is 0 Å². The maximum Gasteiger partial charge on any atom is 0.350 e. The van der Waals surface area contributed by atoms with Crippen LogP contribution in [0.5, 0.6) is 0 Å². The summed E-state index contributed by atoms with van der Waals surface area (Å²) in [6.07, 6.45) is 1.21. The number of hydrogen-bond donors (Lipinski definition) is 1. The van der Waals surface area contributed by atoms with E-state index in [1.54, 1.807) is 32.0 Å². The summed E-state index contributed by atoms with van der Waals surface area (Å²) in [5, 5.41) is 11.6. The van der Waals surface area contributed by atoms with Crippen LogP contribution in [0.4, 0.5) is 5.69 Å². The Hall–Kier alpha value is -2.37. The summed E-state index contributed by atoms with van der Waals surface area (Å²) < 4.78 is 30.5. The minimum absolute atomic E-state index is 0.184. The molecule has 1 rings (SSSR count). The maximum atomic E-state index is 12.3. The monoisotopic (exact) mass is 337 g/mol. The molecule has 0 heterocycles. The molecule has 0 aliphatic rings. The predicted molar refractivity (Wildman–Crippen MR) is 85.9 cm³/mol. The van der Waals surface area contributed by atoms with Gasteiger partial charge in [0.25, 0.3) is 0 Å². The molecule has 0 aliphatic heterocycles. The third-order valence-electron chi connectivity index (χ3n) is 3.11. The average molecular weight is 337 g/mol. The number of hydrogen-bond acceptors (Lipinski definition) is 6. The van der Waals surface area contributed by atoms with E-state index in [-0.39, 0.29) is 10.5 Å². The molecule has 0 atom stereocenters. The largest absolute Gasteiger partial charge is 0.465 e. The Balaban J connectivity index is 2.96. The van der Waals surface area contributed by atoms with E-state index in [2.05, 4.69) is 10.1 Å². The van der Waals surface area contributed by atoms with Gasteiger partial charge >= 0.3 is 5.97 Å². The van der Waals surface area contributed by atoms with Crippen molar-refractivity contribution in [1.82, 2.24) is 4.31 Å². The summed E-state index contributed by atoms with van der Waals surface area (Å²) >= 11 is 0. The fraction of sp³-hybridized carbons (Fsp3) is 0.333. The molecule has 0 saturated heterocycles. The van der Waals surface area contributed by atoms with Gasteiger partial charge in [0.15, 0.2) is 5.57 Å². The lowest BCUT2D eigenvalue weighted by Crippen LogP contribution is -2.30. The van der Waals surface area contributed by atoms with E-state index in [0.29, 0.717) is 18.8 Å². The van der Waals surface area contributed by atoms with Gasteiger partial charge in [0.05, 0.1) is 12.0 Å². The van der Waals surface area contributed by atoms with Crippen LogP contribution < -0.4 is 5.32 Å². The molecule has 1 aromatic rings. The number of benzene rings is 1. The summed E-state index contributed by atoms with van der Waals surface area (Å²) in [6, 6.07) is 7.75. The quantitative estimate of drug-likeness (QED) is 0.462. The number of methoxy groups -OCH3 is 1. The van der Waals surface area contributed by atoms with Gasteiger partial charge in [-0.05, 0) is 24.3 Å². The van der Waals surface area contributed by atoms with Crippen molar-refractivity contribution >= 4 is 21.7 Å². The smallest absolute Gasteiger partial charge is 0.350 e. The summed E-state index contributed by atoms with van der Waals surface area (Å²) in [7, 11) is -2.33. The predicted octanol–water partition coefficient (Wildman–Crippen LogP) is 1.71. The molecule has 0 fully saturated rings. The molecule has 0 saturated carbocycles. The third kappa shape index (κ3) is 4.55. The number of esters is 1. The van der Waals surface area contributed by atoms with Crippen molar-refractivity contribution in [3.05, 3.63) is 36.0 Å². The molecule has 23 heavy (non-hydrogen) atoms. The number of nitrogens with one attached hydrogen (secondary N) is 1. The molecular formula is C15H19N3O4S. The first kappa shape index (κ1) is 18.7. The van der Waals surface area contributed by atoms with Crippen molar-refractivity contribution in [2.45, 2.75) is 18.7 Å². The number of ether oxygens (including phenoxy) is 1.